The Bertz CT molecular complexity index is 1190. The van der Waals surface area contributed by atoms with Gasteiger partial charge in [0.2, 0.25) is 0 Å². The van der Waals surface area contributed by atoms with Gasteiger partial charge < -0.3 is 19.9 Å². The van der Waals surface area contributed by atoms with Gasteiger partial charge in [0, 0.05) is 50.0 Å². The second-order valence-electron chi connectivity index (χ2n) is 9.38. The smallest absolute Gasteiger partial charge is 0.471 e. The van der Waals surface area contributed by atoms with Crippen molar-refractivity contribution < 1.29 is 40.8 Å². The molecule has 0 spiro atoms. The van der Waals surface area contributed by atoms with Gasteiger partial charge in [0.1, 0.15) is 11.3 Å². The van der Waals surface area contributed by atoms with Crippen molar-refractivity contribution in [3.8, 4) is 5.75 Å². The topological polar surface area (TPSA) is 101 Å². The monoisotopic (exact) mass is 561 g/mol. The first-order chi connectivity index (χ1) is 18.3. The molecule has 2 heterocycles. The van der Waals surface area contributed by atoms with Crippen molar-refractivity contribution in [1.82, 2.24) is 9.88 Å². The predicted molar refractivity (Wildman–Crippen MR) is 127 cm³/mol. The number of hydrogen-bond acceptors (Lipinski definition) is 7. The van der Waals surface area contributed by atoms with Crippen LogP contribution in [0, 0.1) is 10.1 Å². The Hall–Kier alpha value is -3.78. The van der Waals surface area contributed by atoms with E-state index in [1.807, 2.05) is 4.90 Å². The van der Waals surface area contributed by atoms with E-state index in [2.05, 4.69) is 10.3 Å². The van der Waals surface area contributed by atoms with Gasteiger partial charge in [0.05, 0.1) is 29.1 Å². The molecule has 0 radical (unpaired) electrons. The molecule has 1 amide bonds. The largest absolute Gasteiger partial charge is 0.489 e. The molecule has 1 aromatic heterocycles. The van der Waals surface area contributed by atoms with Crippen LogP contribution >= 0.6 is 0 Å². The maximum atomic E-state index is 13.3. The number of rotatable bonds is 6. The molecule has 15 heteroatoms. The van der Waals surface area contributed by atoms with Crippen LogP contribution in [0.3, 0.4) is 0 Å². The molecule has 0 bridgehead atoms. The number of benzene rings is 1. The van der Waals surface area contributed by atoms with E-state index in [0.29, 0.717) is 37.1 Å². The summed E-state index contributed by atoms with van der Waals surface area (Å²) in [5, 5.41) is 14.0. The predicted octanol–water partition coefficient (Wildman–Crippen LogP) is 5.02. The Morgan fingerprint density at radius 3 is 2.26 bits per heavy atom. The number of pyridine rings is 1. The van der Waals surface area contributed by atoms with Crippen molar-refractivity contribution in [2.24, 2.45) is 0 Å². The van der Waals surface area contributed by atoms with Crippen molar-refractivity contribution in [2.75, 3.05) is 36.4 Å². The fraction of sp³-hybridized carbons (Fsp3) is 0.500. The number of amides is 1. The lowest BCUT2D eigenvalue weighted by Gasteiger charge is -2.36. The quantitative estimate of drug-likeness (QED) is 0.300. The second kappa shape index (κ2) is 11.1. The van der Waals surface area contributed by atoms with E-state index in [0.717, 1.165) is 17.0 Å². The zero-order valence-electron chi connectivity index (χ0n) is 20.5. The number of anilines is 2. The lowest BCUT2D eigenvalue weighted by Crippen LogP contribution is -2.52. The van der Waals surface area contributed by atoms with Gasteiger partial charge >= 0.3 is 18.3 Å². The van der Waals surface area contributed by atoms with Gasteiger partial charge in [0.25, 0.3) is 5.69 Å². The fourth-order valence-electron chi connectivity index (χ4n) is 4.76. The van der Waals surface area contributed by atoms with Crippen LogP contribution in [0.25, 0.3) is 0 Å². The fourth-order valence-corrected chi connectivity index (χ4v) is 4.76. The third-order valence-corrected chi connectivity index (χ3v) is 6.72. The molecule has 1 aliphatic carbocycles. The number of halogens is 6. The van der Waals surface area contributed by atoms with E-state index in [1.165, 1.54) is 12.3 Å². The first kappa shape index (κ1) is 28.2. The van der Waals surface area contributed by atoms with E-state index >= 15 is 0 Å². The number of nitrogens with zero attached hydrogens (tertiary/aromatic N) is 4. The summed E-state index contributed by atoms with van der Waals surface area (Å²) in [5.74, 6) is -1.38. The summed E-state index contributed by atoms with van der Waals surface area (Å²) in [7, 11) is 0. The highest BCUT2D eigenvalue weighted by atomic mass is 19.4. The van der Waals surface area contributed by atoms with Crippen LogP contribution in [0.5, 0.6) is 5.75 Å². The van der Waals surface area contributed by atoms with Crippen LogP contribution < -0.4 is 15.0 Å². The van der Waals surface area contributed by atoms with Crippen molar-refractivity contribution in [1.29, 1.82) is 0 Å². The SMILES string of the molecule is O=C(N1CCN(c2cncc(OC3CCC(Nc4ccc([N+](=O)[O-])c(C(F)(F)F)c4)CC3)c2)CC1)C(F)(F)F. The van der Waals surface area contributed by atoms with Gasteiger partial charge in [-0.25, -0.2) is 0 Å². The minimum Gasteiger partial charge on any atom is -0.489 e. The molecule has 4 rings (SSSR count). The third kappa shape index (κ3) is 7.00. The first-order valence-electron chi connectivity index (χ1n) is 12.2. The zero-order chi connectivity index (χ0) is 28.4. The van der Waals surface area contributed by atoms with Crippen LogP contribution in [0.15, 0.2) is 36.7 Å². The molecule has 2 aliphatic rings. The number of carbonyl (C=O) groups is 1. The summed E-state index contributed by atoms with van der Waals surface area (Å²) in [6.07, 6.45) is -4.48. The van der Waals surface area contributed by atoms with Crippen molar-refractivity contribution in [3.05, 3.63) is 52.3 Å². The number of ether oxygens (including phenoxy) is 1. The van der Waals surface area contributed by atoms with Crippen LogP contribution in [0.1, 0.15) is 31.2 Å². The molecule has 1 N–H and O–H groups in total. The molecule has 1 aliphatic heterocycles. The maximum absolute atomic E-state index is 13.3. The summed E-state index contributed by atoms with van der Waals surface area (Å²) < 4.78 is 83.8. The summed E-state index contributed by atoms with van der Waals surface area (Å²) in [5.41, 5.74) is -1.51. The molecule has 39 heavy (non-hydrogen) atoms. The van der Waals surface area contributed by atoms with Crippen molar-refractivity contribution in [2.45, 2.75) is 50.2 Å². The molecule has 1 saturated carbocycles. The van der Waals surface area contributed by atoms with E-state index in [4.69, 9.17) is 4.74 Å². The Kier molecular flexibility index (Phi) is 8.07. The normalized spacial score (nSPS) is 20.5. The highest BCUT2D eigenvalue weighted by Gasteiger charge is 2.43. The summed E-state index contributed by atoms with van der Waals surface area (Å²) in [4.78, 5) is 28.1. The van der Waals surface area contributed by atoms with Gasteiger partial charge in [-0.15, -0.1) is 0 Å². The van der Waals surface area contributed by atoms with E-state index in [9.17, 15) is 41.3 Å². The van der Waals surface area contributed by atoms with Gasteiger partial charge in [-0.2, -0.15) is 26.3 Å². The molecule has 1 saturated heterocycles. The van der Waals surface area contributed by atoms with Gasteiger partial charge in [-0.05, 0) is 37.8 Å². The number of nitro benzene ring substituents is 1. The lowest BCUT2D eigenvalue weighted by atomic mass is 9.92. The summed E-state index contributed by atoms with van der Waals surface area (Å²) in [6, 6.07) is 4.43. The van der Waals surface area contributed by atoms with Crippen molar-refractivity contribution in [3.63, 3.8) is 0 Å². The summed E-state index contributed by atoms with van der Waals surface area (Å²) >= 11 is 0. The van der Waals surface area contributed by atoms with E-state index < -0.39 is 34.4 Å². The van der Waals surface area contributed by atoms with Crippen molar-refractivity contribution >= 4 is 23.0 Å². The molecule has 0 unspecified atom stereocenters. The number of nitrogens with one attached hydrogen (secondary N) is 1. The molecule has 9 nitrogen and oxygen atoms in total. The average molecular weight is 561 g/mol. The van der Waals surface area contributed by atoms with Crippen LogP contribution in [-0.4, -0.2) is 65.2 Å². The molecule has 212 valence electrons. The molecule has 0 atom stereocenters. The Balaban J connectivity index is 1.29. The minimum atomic E-state index is -4.90. The standard InChI is InChI=1S/C24H25F6N5O4/c25-23(26,27)20-11-16(3-6-21(20)35(37)38)32-15-1-4-18(5-2-15)39-19-12-17(13-31-14-19)33-7-9-34(10-8-33)22(36)24(28,29)30/h3,6,11-15,18,32H,1-2,4-5,7-10H2. The van der Waals surface area contributed by atoms with Gasteiger partial charge in [0.15, 0.2) is 0 Å². The number of nitro groups is 1. The number of carbonyl (C=O) groups excluding carboxylic acids is 1. The van der Waals surface area contributed by atoms with Crippen LogP contribution in [0.2, 0.25) is 0 Å². The molecule has 2 aromatic rings. The second-order valence-corrected chi connectivity index (χ2v) is 9.38. The summed E-state index contributed by atoms with van der Waals surface area (Å²) in [6.45, 7) is 0.282. The highest BCUT2D eigenvalue weighted by molar-refractivity contribution is 5.82. The maximum Gasteiger partial charge on any atom is 0.471 e. The average Bonchev–Trinajstić information content (AvgIpc) is 2.88. The molecular weight excluding hydrogens is 536 g/mol. The van der Waals surface area contributed by atoms with Gasteiger partial charge in [-0.3, -0.25) is 19.9 Å². The number of piperazine rings is 1. The Morgan fingerprint density at radius 1 is 1.00 bits per heavy atom. The highest BCUT2D eigenvalue weighted by Crippen LogP contribution is 2.38. The minimum absolute atomic E-state index is 0.0698. The lowest BCUT2D eigenvalue weighted by molar-refractivity contribution is -0.388. The van der Waals surface area contributed by atoms with Crippen LogP contribution in [0.4, 0.5) is 43.4 Å². The van der Waals surface area contributed by atoms with E-state index in [1.54, 1.807) is 12.3 Å². The number of alkyl halides is 6. The first-order valence-corrected chi connectivity index (χ1v) is 12.2. The van der Waals surface area contributed by atoms with E-state index in [-0.39, 0.29) is 44.0 Å². The molecular formula is C24H25F6N5O4. The molecule has 1 aromatic carbocycles. The molecule has 2 fully saturated rings. The number of hydrogen-bond donors (Lipinski definition) is 1. The van der Waals surface area contributed by atoms with Crippen LogP contribution in [-0.2, 0) is 11.0 Å². The third-order valence-electron chi connectivity index (χ3n) is 6.72. The Labute approximate surface area is 218 Å². The Morgan fingerprint density at radius 2 is 1.67 bits per heavy atom. The number of aromatic nitrogens is 1. The van der Waals surface area contributed by atoms with Gasteiger partial charge in [-0.1, -0.05) is 0 Å². The zero-order valence-corrected chi connectivity index (χ0v) is 20.5.